The summed E-state index contributed by atoms with van der Waals surface area (Å²) in [6.45, 7) is 4.66. The highest BCUT2D eigenvalue weighted by atomic mass is 19.1. The zero-order chi connectivity index (χ0) is 12.9. The van der Waals surface area contributed by atoms with Crippen molar-refractivity contribution in [2.75, 3.05) is 13.2 Å². The number of aliphatic hydroxyl groups is 1. The van der Waals surface area contributed by atoms with Gasteiger partial charge in [-0.05, 0) is 44.9 Å². The van der Waals surface area contributed by atoms with Gasteiger partial charge in [0.05, 0.1) is 0 Å². The van der Waals surface area contributed by atoms with E-state index in [-0.39, 0.29) is 12.1 Å². The predicted octanol–water partition coefficient (Wildman–Crippen LogP) is 2.26. The molecule has 0 amide bonds. The van der Waals surface area contributed by atoms with Crippen LogP contribution < -0.4 is 5.32 Å². The van der Waals surface area contributed by atoms with E-state index in [2.05, 4.69) is 5.32 Å². The molecule has 96 valence electrons. The minimum atomic E-state index is -0.556. The van der Waals surface area contributed by atoms with Crippen molar-refractivity contribution in [3.05, 3.63) is 35.4 Å². The topological polar surface area (TPSA) is 32.3 Å². The van der Waals surface area contributed by atoms with E-state index >= 15 is 0 Å². The smallest absolute Gasteiger partial charge is 0.129 e. The van der Waals surface area contributed by atoms with Crippen LogP contribution in [0.5, 0.6) is 0 Å². The third-order valence-corrected chi connectivity index (χ3v) is 2.75. The SMILES string of the molecule is CC(C)(CCO)NCCc1ccc(F)cc1F. The first-order valence-electron chi connectivity index (χ1n) is 5.74. The van der Waals surface area contributed by atoms with Crippen LogP contribution in [0.25, 0.3) is 0 Å². The number of aliphatic hydroxyl groups excluding tert-OH is 1. The number of rotatable bonds is 6. The van der Waals surface area contributed by atoms with Crippen LogP contribution in [0.3, 0.4) is 0 Å². The predicted molar refractivity (Wildman–Crippen MR) is 63.8 cm³/mol. The monoisotopic (exact) mass is 243 g/mol. The van der Waals surface area contributed by atoms with Gasteiger partial charge in [-0.15, -0.1) is 0 Å². The lowest BCUT2D eigenvalue weighted by atomic mass is 10.0. The number of benzene rings is 1. The fourth-order valence-electron chi connectivity index (χ4n) is 1.63. The van der Waals surface area contributed by atoms with E-state index in [4.69, 9.17) is 5.11 Å². The molecule has 0 aromatic heterocycles. The summed E-state index contributed by atoms with van der Waals surface area (Å²) in [7, 11) is 0. The molecule has 2 N–H and O–H groups in total. The van der Waals surface area contributed by atoms with Gasteiger partial charge in [0.25, 0.3) is 0 Å². The molecule has 0 radical (unpaired) electrons. The molecular weight excluding hydrogens is 224 g/mol. The summed E-state index contributed by atoms with van der Waals surface area (Å²) in [5, 5.41) is 12.1. The van der Waals surface area contributed by atoms with E-state index in [0.717, 1.165) is 6.07 Å². The van der Waals surface area contributed by atoms with Gasteiger partial charge in [0.2, 0.25) is 0 Å². The Labute approximate surface area is 101 Å². The maximum atomic E-state index is 13.3. The van der Waals surface area contributed by atoms with Gasteiger partial charge in [-0.3, -0.25) is 0 Å². The molecule has 0 aliphatic heterocycles. The third-order valence-electron chi connectivity index (χ3n) is 2.75. The van der Waals surface area contributed by atoms with Gasteiger partial charge < -0.3 is 10.4 Å². The second kappa shape index (κ2) is 6.07. The Kier molecular flexibility index (Phi) is 5.02. The van der Waals surface area contributed by atoms with E-state index in [1.807, 2.05) is 13.8 Å². The van der Waals surface area contributed by atoms with Gasteiger partial charge in [-0.1, -0.05) is 6.07 Å². The summed E-state index contributed by atoms with van der Waals surface area (Å²) in [4.78, 5) is 0. The molecule has 2 nitrogen and oxygen atoms in total. The first-order chi connectivity index (χ1) is 7.94. The first kappa shape index (κ1) is 14.1. The summed E-state index contributed by atoms with van der Waals surface area (Å²) in [6, 6.07) is 3.62. The first-order valence-corrected chi connectivity index (χ1v) is 5.74. The molecule has 1 aromatic rings. The summed E-state index contributed by atoms with van der Waals surface area (Å²) >= 11 is 0. The summed E-state index contributed by atoms with van der Waals surface area (Å²) in [5.41, 5.74) is 0.323. The molecular formula is C13H19F2NO. The molecule has 0 fully saturated rings. The van der Waals surface area contributed by atoms with E-state index in [1.165, 1.54) is 12.1 Å². The van der Waals surface area contributed by atoms with Gasteiger partial charge in [0, 0.05) is 18.2 Å². The average molecular weight is 243 g/mol. The molecule has 0 heterocycles. The van der Waals surface area contributed by atoms with E-state index in [0.29, 0.717) is 24.9 Å². The Morgan fingerprint density at radius 3 is 2.59 bits per heavy atom. The summed E-state index contributed by atoms with van der Waals surface area (Å²) in [5.74, 6) is -1.06. The van der Waals surface area contributed by atoms with Crippen molar-refractivity contribution < 1.29 is 13.9 Å². The second-order valence-corrected chi connectivity index (χ2v) is 4.77. The number of halogens is 2. The number of nitrogens with one attached hydrogen (secondary N) is 1. The zero-order valence-electron chi connectivity index (χ0n) is 10.3. The molecule has 0 saturated heterocycles. The van der Waals surface area contributed by atoms with Crippen molar-refractivity contribution in [1.29, 1.82) is 0 Å². The van der Waals surface area contributed by atoms with Crippen molar-refractivity contribution in [3.63, 3.8) is 0 Å². The van der Waals surface area contributed by atoms with Gasteiger partial charge in [-0.2, -0.15) is 0 Å². The van der Waals surface area contributed by atoms with Crippen LogP contribution in [-0.2, 0) is 6.42 Å². The highest BCUT2D eigenvalue weighted by molar-refractivity contribution is 5.18. The third kappa shape index (κ3) is 4.79. The molecule has 0 bridgehead atoms. The van der Waals surface area contributed by atoms with Crippen molar-refractivity contribution in [2.24, 2.45) is 0 Å². The fraction of sp³-hybridized carbons (Fsp3) is 0.538. The minimum Gasteiger partial charge on any atom is -0.396 e. The molecule has 0 aliphatic carbocycles. The Hall–Kier alpha value is -1.00. The maximum Gasteiger partial charge on any atom is 0.129 e. The molecule has 0 spiro atoms. The molecule has 1 aromatic carbocycles. The van der Waals surface area contributed by atoms with Crippen molar-refractivity contribution >= 4 is 0 Å². The lowest BCUT2D eigenvalue weighted by Gasteiger charge is -2.25. The summed E-state index contributed by atoms with van der Waals surface area (Å²) < 4.78 is 26.0. The number of hydrogen-bond donors (Lipinski definition) is 2. The Balaban J connectivity index is 2.46. The zero-order valence-corrected chi connectivity index (χ0v) is 10.3. The fourth-order valence-corrected chi connectivity index (χ4v) is 1.63. The second-order valence-electron chi connectivity index (χ2n) is 4.77. The molecule has 0 unspecified atom stereocenters. The highest BCUT2D eigenvalue weighted by Crippen LogP contribution is 2.11. The molecule has 1 rings (SSSR count). The maximum absolute atomic E-state index is 13.3. The van der Waals surface area contributed by atoms with E-state index < -0.39 is 11.6 Å². The molecule has 4 heteroatoms. The van der Waals surface area contributed by atoms with Crippen LogP contribution in [0.1, 0.15) is 25.8 Å². The molecule has 0 aliphatic rings. The van der Waals surface area contributed by atoms with E-state index in [9.17, 15) is 8.78 Å². The van der Waals surface area contributed by atoms with Crippen LogP contribution in [0.4, 0.5) is 8.78 Å². The van der Waals surface area contributed by atoms with Crippen LogP contribution >= 0.6 is 0 Å². The van der Waals surface area contributed by atoms with Crippen LogP contribution in [0, 0.1) is 11.6 Å². The standard InChI is InChI=1S/C13H19F2NO/c1-13(2,6-8-17)16-7-5-10-3-4-11(14)9-12(10)15/h3-4,9,16-17H,5-8H2,1-2H3. The Morgan fingerprint density at radius 1 is 1.29 bits per heavy atom. The van der Waals surface area contributed by atoms with Crippen LogP contribution in [0.2, 0.25) is 0 Å². The normalized spacial score (nSPS) is 11.8. The van der Waals surface area contributed by atoms with Gasteiger partial charge in [0.1, 0.15) is 11.6 Å². The lowest BCUT2D eigenvalue weighted by molar-refractivity contribution is 0.231. The summed E-state index contributed by atoms with van der Waals surface area (Å²) in [6.07, 6.45) is 1.14. The average Bonchev–Trinajstić information content (AvgIpc) is 2.21. The number of hydrogen-bond acceptors (Lipinski definition) is 2. The van der Waals surface area contributed by atoms with Gasteiger partial charge in [-0.25, -0.2) is 8.78 Å². The lowest BCUT2D eigenvalue weighted by Crippen LogP contribution is -2.41. The molecule has 0 atom stereocenters. The van der Waals surface area contributed by atoms with Crippen LogP contribution in [-0.4, -0.2) is 23.8 Å². The van der Waals surface area contributed by atoms with Gasteiger partial charge in [0.15, 0.2) is 0 Å². The van der Waals surface area contributed by atoms with Crippen molar-refractivity contribution in [3.8, 4) is 0 Å². The largest absolute Gasteiger partial charge is 0.396 e. The van der Waals surface area contributed by atoms with E-state index in [1.54, 1.807) is 0 Å². The minimum absolute atomic E-state index is 0.116. The van der Waals surface area contributed by atoms with Crippen molar-refractivity contribution in [1.82, 2.24) is 5.32 Å². The molecule has 17 heavy (non-hydrogen) atoms. The molecule has 0 saturated carbocycles. The Bertz CT molecular complexity index is 366. The van der Waals surface area contributed by atoms with Crippen LogP contribution in [0.15, 0.2) is 18.2 Å². The van der Waals surface area contributed by atoms with Gasteiger partial charge >= 0.3 is 0 Å². The Morgan fingerprint density at radius 2 is 2.00 bits per heavy atom. The quantitative estimate of drug-likeness (QED) is 0.803. The highest BCUT2D eigenvalue weighted by Gasteiger charge is 2.15. The van der Waals surface area contributed by atoms with Crippen molar-refractivity contribution in [2.45, 2.75) is 32.2 Å².